The maximum atomic E-state index is 12.6. The van der Waals surface area contributed by atoms with Gasteiger partial charge in [-0.05, 0) is 50.1 Å². The Morgan fingerprint density at radius 1 is 1.04 bits per heavy atom. The molecule has 0 saturated carbocycles. The van der Waals surface area contributed by atoms with E-state index in [1.807, 2.05) is 37.3 Å². The fraction of sp³-hybridized carbons (Fsp3) is 0.381. The monoisotopic (exact) mass is 404 g/mol. The minimum atomic E-state index is -3.66. The van der Waals surface area contributed by atoms with Crippen molar-refractivity contribution in [1.82, 2.24) is 10.0 Å². The van der Waals surface area contributed by atoms with E-state index >= 15 is 0 Å². The molecule has 6 nitrogen and oxygen atoms in total. The van der Waals surface area contributed by atoms with E-state index in [0.29, 0.717) is 5.75 Å². The minimum Gasteiger partial charge on any atom is -0.484 e. The molecule has 0 aliphatic rings. The number of sulfonamides is 1. The van der Waals surface area contributed by atoms with Crippen LogP contribution in [-0.4, -0.2) is 27.0 Å². The Bertz CT molecular complexity index is 852. The quantitative estimate of drug-likeness (QED) is 0.636. The van der Waals surface area contributed by atoms with Crippen molar-refractivity contribution in [3.63, 3.8) is 0 Å². The maximum absolute atomic E-state index is 12.6. The Morgan fingerprint density at radius 3 is 2.29 bits per heavy atom. The van der Waals surface area contributed by atoms with Crippen molar-refractivity contribution in [3.8, 4) is 5.75 Å². The molecule has 0 saturated heterocycles. The number of nitrogens with one attached hydrogen (secondary N) is 2. The van der Waals surface area contributed by atoms with Crippen LogP contribution in [0.2, 0.25) is 0 Å². The van der Waals surface area contributed by atoms with Gasteiger partial charge in [0.05, 0.1) is 4.90 Å². The van der Waals surface area contributed by atoms with Gasteiger partial charge in [0.15, 0.2) is 6.61 Å². The van der Waals surface area contributed by atoms with Crippen LogP contribution in [0.25, 0.3) is 0 Å². The molecule has 2 atom stereocenters. The number of ether oxygens (including phenoxy) is 1. The van der Waals surface area contributed by atoms with Crippen molar-refractivity contribution in [2.45, 2.75) is 50.6 Å². The fourth-order valence-corrected chi connectivity index (χ4v) is 4.03. The normalized spacial score (nSPS) is 13.5. The third-order valence-corrected chi connectivity index (χ3v) is 5.82. The molecule has 0 aliphatic carbocycles. The predicted molar refractivity (Wildman–Crippen MR) is 110 cm³/mol. The topological polar surface area (TPSA) is 84.5 Å². The Morgan fingerprint density at radius 2 is 1.68 bits per heavy atom. The number of amides is 1. The SMILES string of the molecule is CCC[C@@H](C)NC(=O)COc1ccc(S(=O)(=O)N[C@@H](C)c2ccccc2)cc1. The molecule has 0 fully saturated rings. The average molecular weight is 405 g/mol. The van der Waals surface area contributed by atoms with Crippen molar-refractivity contribution in [2.24, 2.45) is 0 Å². The molecule has 0 spiro atoms. The molecule has 28 heavy (non-hydrogen) atoms. The lowest BCUT2D eigenvalue weighted by Gasteiger charge is -2.15. The van der Waals surface area contributed by atoms with E-state index in [2.05, 4.69) is 17.0 Å². The third kappa shape index (κ3) is 6.65. The first-order valence-electron chi connectivity index (χ1n) is 9.41. The number of carbonyl (C=O) groups is 1. The molecule has 2 rings (SSSR count). The lowest BCUT2D eigenvalue weighted by molar-refractivity contribution is -0.123. The second-order valence-electron chi connectivity index (χ2n) is 6.77. The number of rotatable bonds is 10. The summed E-state index contributed by atoms with van der Waals surface area (Å²) >= 11 is 0. The van der Waals surface area contributed by atoms with Gasteiger partial charge < -0.3 is 10.1 Å². The highest BCUT2D eigenvalue weighted by Gasteiger charge is 2.18. The zero-order chi connectivity index (χ0) is 20.6. The lowest BCUT2D eigenvalue weighted by Crippen LogP contribution is -2.35. The zero-order valence-corrected chi connectivity index (χ0v) is 17.3. The second-order valence-corrected chi connectivity index (χ2v) is 8.48. The van der Waals surface area contributed by atoms with Crippen molar-refractivity contribution in [1.29, 1.82) is 0 Å². The summed E-state index contributed by atoms with van der Waals surface area (Å²) in [6.07, 6.45) is 1.90. The van der Waals surface area contributed by atoms with E-state index in [4.69, 9.17) is 4.74 Å². The molecule has 0 aromatic heterocycles. The van der Waals surface area contributed by atoms with E-state index in [1.54, 1.807) is 19.1 Å². The first kappa shape index (κ1) is 21.9. The van der Waals surface area contributed by atoms with Crippen LogP contribution in [0, 0.1) is 0 Å². The highest BCUT2D eigenvalue weighted by molar-refractivity contribution is 7.89. The summed E-state index contributed by atoms with van der Waals surface area (Å²) in [6, 6.07) is 15.1. The van der Waals surface area contributed by atoms with Crippen LogP contribution in [0.15, 0.2) is 59.5 Å². The maximum Gasteiger partial charge on any atom is 0.258 e. The van der Waals surface area contributed by atoms with Gasteiger partial charge in [-0.25, -0.2) is 13.1 Å². The lowest BCUT2D eigenvalue weighted by atomic mass is 10.1. The van der Waals surface area contributed by atoms with Gasteiger partial charge in [0.25, 0.3) is 5.91 Å². The van der Waals surface area contributed by atoms with E-state index in [9.17, 15) is 13.2 Å². The van der Waals surface area contributed by atoms with Gasteiger partial charge in [-0.1, -0.05) is 43.7 Å². The Hall–Kier alpha value is -2.38. The third-order valence-electron chi connectivity index (χ3n) is 4.26. The summed E-state index contributed by atoms with van der Waals surface area (Å²) in [5.41, 5.74) is 0.884. The van der Waals surface area contributed by atoms with Crippen LogP contribution in [0.3, 0.4) is 0 Å². The highest BCUT2D eigenvalue weighted by Crippen LogP contribution is 2.19. The molecular formula is C21H28N2O4S. The van der Waals surface area contributed by atoms with Crippen molar-refractivity contribution in [2.75, 3.05) is 6.61 Å². The van der Waals surface area contributed by atoms with Gasteiger partial charge in [0, 0.05) is 12.1 Å². The summed E-state index contributed by atoms with van der Waals surface area (Å²) in [5.74, 6) is 0.240. The average Bonchev–Trinajstić information content (AvgIpc) is 2.67. The Balaban J connectivity index is 1.93. The van der Waals surface area contributed by atoms with Gasteiger partial charge >= 0.3 is 0 Å². The molecule has 7 heteroatoms. The molecule has 0 radical (unpaired) electrons. The van der Waals surface area contributed by atoms with Crippen LogP contribution in [-0.2, 0) is 14.8 Å². The molecule has 0 heterocycles. The molecule has 0 bridgehead atoms. The van der Waals surface area contributed by atoms with E-state index in [0.717, 1.165) is 18.4 Å². The molecule has 0 aliphatic heterocycles. The van der Waals surface area contributed by atoms with Gasteiger partial charge in [0.2, 0.25) is 10.0 Å². The largest absolute Gasteiger partial charge is 0.484 e. The standard InChI is InChI=1S/C21H28N2O4S/c1-4-8-16(2)22-21(24)15-27-19-11-13-20(14-12-19)28(25,26)23-17(3)18-9-6-5-7-10-18/h5-7,9-14,16-17,23H,4,8,15H2,1-3H3,(H,22,24)/t16-,17+/m1/s1. The molecule has 2 aromatic carbocycles. The van der Waals surface area contributed by atoms with Crippen molar-refractivity contribution >= 4 is 15.9 Å². The van der Waals surface area contributed by atoms with E-state index in [1.165, 1.54) is 12.1 Å². The molecular weight excluding hydrogens is 376 g/mol. The zero-order valence-electron chi connectivity index (χ0n) is 16.5. The minimum absolute atomic E-state index is 0.103. The summed E-state index contributed by atoms with van der Waals surface area (Å²) in [7, 11) is -3.66. The predicted octanol–water partition coefficient (Wildman–Crippen LogP) is 3.41. The van der Waals surface area contributed by atoms with E-state index in [-0.39, 0.29) is 29.5 Å². The van der Waals surface area contributed by atoms with Gasteiger partial charge in [0.1, 0.15) is 5.75 Å². The summed E-state index contributed by atoms with van der Waals surface area (Å²) in [5, 5.41) is 2.85. The van der Waals surface area contributed by atoms with Crippen LogP contribution in [0.5, 0.6) is 5.75 Å². The Kier molecular flexibility index (Phi) is 8.02. The van der Waals surface area contributed by atoms with Crippen molar-refractivity contribution < 1.29 is 17.9 Å². The first-order valence-corrected chi connectivity index (χ1v) is 10.9. The fourth-order valence-electron chi connectivity index (χ4n) is 2.80. The molecule has 152 valence electrons. The van der Waals surface area contributed by atoms with Crippen LogP contribution in [0.1, 0.15) is 45.2 Å². The second kappa shape index (κ2) is 10.2. The van der Waals surface area contributed by atoms with Crippen molar-refractivity contribution in [3.05, 3.63) is 60.2 Å². The summed E-state index contributed by atoms with van der Waals surface area (Å²) in [6.45, 7) is 5.70. The van der Waals surface area contributed by atoms with Crippen LogP contribution >= 0.6 is 0 Å². The summed E-state index contributed by atoms with van der Waals surface area (Å²) in [4.78, 5) is 12.0. The number of hydrogen-bond donors (Lipinski definition) is 2. The molecule has 2 N–H and O–H groups in total. The highest BCUT2D eigenvalue weighted by atomic mass is 32.2. The molecule has 0 unspecified atom stereocenters. The molecule has 2 aromatic rings. The Labute approximate surface area is 167 Å². The first-order chi connectivity index (χ1) is 13.3. The number of carbonyl (C=O) groups excluding carboxylic acids is 1. The van der Waals surface area contributed by atoms with Crippen LogP contribution < -0.4 is 14.8 Å². The smallest absolute Gasteiger partial charge is 0.258 e. The van der Waals surface area contributed by atoms with Crippen LogP contribution in [0.4, 0.5) is 0 Å². The van der Waals surface area contributed by atoms with Gasteiger partial charge in [-0.2, -0.15) is 0 Å². The number of benzene rings is 2. The molecule has 1 amide bonds. The van der Waals surface area contributed by atoms with E-state index < -0.39 is 10.0 Å². The number of hydrogen-bond acceptors (Lipinski definition) is 4. The summed E-state index contributed by atoms with van der Waals surface area (Å²) < 4.78 is 33.2. The van der Waals surface area contributed by atoms with Gasteiger partial charge in [-0.15, -0.1) is 0 Å². The van der Waals surface area contributed by atoms with Gasteiger partial charge in [-0.3, -0.25) is 4.79 Å².